The number of rotatable bonds is 6. The van der Waals surface area contributed by atoms with Crippen LogP contribution in [-0.2, 0) is 9.57 Å². The number of likely N-dealkylation sites (tertiary alicyclic amines) is 2. The van der Waals surface area contributed by atoms with Crippen LogP contribution in [0.2, 0.25) is 0 Å². The largest absolute Gasteiger partial charge is 0.450 e. The first-order valence-corrected chi connectivity index (χ1v) is 9.97. The molecule has 0 aromatic rings. The normalized spacial score (nSPS) is 24.0. The Morgan fingerprint density at radius 2 is 1.84 bits per heavy atom. The lowest BCUT2D eigenvalue weighted by molar-refractivity contribution is 0.104. The predicted molar refractivity (Wildman–Crippen MR) is 99.9 cm³/mol. The Labute approximate surface area is 152 Å². The zero-order valence-electron chi connectivity index (χ0n) is 16.2. The molecule has 2 rings (SSSR count). The van der Waals surface area contributed by atoms with Gasteiger partial charge in [0.2, 0.25) is 0 Å². The maximum atomic E-state index is 11.9. The van der Waals surface area contributed by atoms with Crippen LogP contribution in [0.4, 0.5) is 4.79 Å². The highest BCUT2D eigenvalue weighted by atomic mass is 16.6. The molecular formula is C19H35N3O3. The molecule has 0 bridgehead atoms. The fraction of sp³-hybridized carbons (Fsp3) is 0.895. The molecule has 0 radical (unpaired) electrons. The third kappa shape index (κ3) is 6.17. The van der Waals surface area contributed by atoms with Gasteiger partial charge in [-0.25, -0.2) is 4.79 Å². The van der Waals surface area contributed by atoms with Gasteiger partial charge in [0.05, 0.1) is 12.3 Å². The second kappa shape index (κ2) is 10.6. The summed E-state index contributed by atoms with van der Waals surface area (Å²) in [5, 5.41) is 4.28. The van der Waals surface area contributed by atoms with E-state index in [0.717, 1.165) is 64.0 Å². The molecule has 0 aliphatic carbocycles. The van der Waals surface area contributed by atoms with E-state index in [-0.39, 0.29) is 6.09 Å². The first-order valence-electron chi connectivity index (χ1n) is 9.97. The van der Waals surface area contributed by atoms with Crippen molar-refractivity contribution in [2.75, 3.05) is 39.4 Å². The summed E-state index contributed by atoms with van der Waals surface area (Å²) in [5.41, 5.74) is 1.14. The Morgan fingerprint density at radius 1 is 1.08 bits per heavy atom. The van der Waals surface area contributed by atoms with E-state index < -0.39 is 0 Å². The molecule has 2 aliphatic heterocycles. The summed E-state index contributed by atoms with van der Waals surface area (Å²) in [5.74, 6) is 0.551. The molecule has 0 aromatic heterocycles. The predicted octanol–water partition coefficient (Wildman–Crippen LogP) is 3.51. The Balaban J connectivity index is 1.77. The molecule has 2 fully saturated rings. The Bertz CT molecular complexity index is 434. The minimum atomic E-state index is -0.152. The molecule has 0 saturated carbocycles. The summed E-state index contributed by atoms with van der Waals surface area (Å²) in [7, 11) is 0. The monoisotopic (exact) mass is 353 g/mol. The number of nitrogens with zero attached hydrogens (tertiary/aromatic N) is 3. The lowest BCUT2D eigenvalue weighted by atomic mass is 9.91. The third-order valence-corrected chi connectivity index (χ3v) is 5.36. The van der Waals surface area contributed by atoms with Gasteiger partial charge in [-0.2, -0.15) is 0 Å². The molecule has 144 valence electrons. The van der Waals surface area contributed by atoms with E-state index in [2.05, 4.69) is 23.9 Å². The number of ether oxygens (including phenoxy) is 1. The van der Waals surface area contributed by atoms with E-state index in [4.69, 9.17) is 9.57 Å². The van der Waals surface area contributed by atoms with Crippen molar-refractivity contribution in [1.82, 2.24) is 9.80 Å². The molecule has 2 heterocycles. The second-order valence-electron chi connectivity index (χ2n) is 7.15. The van der Waals surface area contributed by atoms with E-state index in [1.807, 2.05) is 11.8 Å². The lowest BCUT2D eigenvalue weighted by Gasteiger charge is -2.37. The first-order chi connectivity index (χ1) is 12.2. The van der Waals surface area contributed by atoms with Crippen LogP contribution >= 0.6 is 0 Å². The second-order valence-corrected chi connectivity index (χ2v) is 7.15. The maximum absolute atomic E-state index is 11.9. The minimum absolute atomic E-state index is 0.152. The van der Waals surface area contributed by atoms with Crippen molar-refractivity contribution in [3.05, 3.63) is 0 Å². The average molecular weight is 354 g/mol. The van der Waals surface area contributed by atoms with Crippen LogP contribution in [0.15, 0.2) is 5.16 Å². The number of hydrogen-bond donors (Lipinski definition) is 0. The quantitative estimate of drug-likeness (QED) is 0.416. The first kappa shape index (κ1) is 20.0. The number of hydrogen-bond acceptors (Lipinski definition) is 5. The Morgan fingerprint density at radius 3 is 2.52 bits per heavy atom. The van der Waals surface area contributed by atoms with Crippen LogP contribution in [0.25, 0.3) is 0 Å². The number of oxime groups is 1. The number of amides is 1. The number of carbonyl (C=O) groups excluding carboxylic acids is 1. The van der Waals surface area contributed by atoms with E-state index in [9.17, 15) is 4.79 Å². The van der Waals surface area contributed by atoms with E-state index in [1.165, 1.54) is 6.42 Å². The van der Waals surface area contributed by atoms with Crippen LogP contribution in [-0.4, -0.2) is 67.0 Å². The van der Waals surface area contributed by atoms with Gasteiger partial charge in [0.15, 0.2) is 0 Å². The fourth-order valence-corrected chi connectivity index (χ4v) is 3.84. The number of piperidine rings is 1. The summed E-state index contributed by atoms with van der Waals surface area (Å²) < 4.78 is 5.15. The van der Waals surface area contributed by atoms with Crippen LogP contribution in [0.1, 0.15) is 59.3 Å². The lowest BCUT2D eigenvalue weighted by Crippen LogP contribution is -2.43. The van der Waals surface area contributed by atoms with Crippen molar-refractivity contribution in [3.63, 3.8) is 0 Å². The summed E-state index contributed by atoms with van der Waals surface area (Å²) in [6.45, 7) is 11.1. The molecule has 1 atom stereocenters. The van der Waals surface area contributed by atoms with E-state index >= 15 is 0 Å². The van der Waals surface area contributed by atoms with Crippen LogP contribution in [0.3, 0.4) is 0 Å². The molecule has 2 saturated heterocycles. The number of carbonyl (C=O) groups is 1. The summed E-state index contributed by atoms with van der Waals surface area (Å²) in [6, 6.07) is 0.592. The van der Waals surface area contributed by atoms with Gasteiger partial charge in [0, 0.05) is 25.0 Å². The topological polar surface area (TPSA) is 54.4 Å². The molecule has 2 aliphatic rings. The highest BCUT2D eigenvalue weighted by Crippen LogP contribution is 2.25. The smallest absolute Gasteiger partial charge is 0.409 e. The van der Waals surface area contributed by atoms with Crippen LogP contribution in [0.5, 0.6) is 0 Å². The molecular weight excluding hydrogens is 318 g/mol. The molecule has 0 spiro atoms. The van der Waals surface area contributed by atoms with Gasteiger partial charge in [-0.3, -0.25) is 0 Å². The Hall–Kier alpha value is -1.30. The molecule has 1 unspecified atom stereocenters. The van der Waals surface area contributed by atoms with Gasteiger partial charge in [0.25, 0.3) is 0 Å². The minimum Gasteiger partial charge on any atom is -0.450 e. The summed E-state index contributed by atoms with van der Waals surface area (Å²) >= 11 is 0. The maximum Gasteiger partial charge on any atom is 0.409 e. The van der Waals surface area contributed by atoms with Crippen molar-refractivity contribution in [1.29, 1.82) is 0 Å². The van der Waals surface area contributed by atoms with Crippen molar-refractivity contribution in [2.45, 2.75) is 65.3 Å². The fourth-order valence-electron chi connectivity index (χ4n) is 3.84. The van der Waals surface area contributed by atoms with E-state index in [0.29, 0.717) is 25.2 Å². The third-order valence-electron chi connectivity index (χ3n) is 5.36. The molecule has 6 heteroatoms. The van der Waals surface area contributed by atoms with Gasteiger partial charge >= 0.3 is 6.09 Å². The zero-order valence-corrected chi connectivity index (χ0v) is 16.2. The Kier molecular flexibility index (Phi) is 8.52. The van der Waals surface area contributed by atoms with Crippen molar-refractivity contribution >= 4 is 11.8 Å². The van der Waals surface area contributed by atoms with Gasteiger partial charge in [-0.05, 0) is 65.5 Å². The van der Waals surface area contributed by atoms with Crippen molar-refractivity contribution in [3.8, 4) is 0 Å². The molecule has 1 amide bonds. The summed E-state index contributed by atoms with van der Waals surface area (Å²) in [4.78, 5) is 21.8. The van der Waals surface area contributed by atoms with Crippen LogP contribution < -0.4 is 0 Å². The van der Waals surface area contributed by atoms with Crippen molar-refractivity contribution < 1.29 is 14.4 Å². The van der Waals surface area contributed by atoms with Crippen LogP contribution in [0, 0.1) is 5.92 Å². The highest BCUT2D eigenvalue weighted by Gasteiger charge is 2.29. The van der Waals surface area contributed by atoms with E-state index in [1.54, 1.807) is 0 Å². The van der Waals surface area contributed by atoms with Gasteiger partial charge < -0.3 is 19.4 Å². The summed E-state index contributed by atoms with van der Waals surface area (Å²) in [6.07, 6.45) is 6.45. The molecule has 0 N–H and O–H groups in total. The average Bonchev–Trinajstić information content (AvgIpc) is 2.88. The van der Waals surface area contributed by atoms with Gasteiger partial charge in [-0.1, -0.05) is 12.1 Å². The molecule has 25 heavy (non-hydrogen) atoms. The van der Waals surface area contributed by atoms with Gasteiger partial charge in [-0.15, -0.1) is 0 Å². The zero-order chi connectivity index (χ0) is 18.1. The van der Waals surface area contributed by atoms with Gasteiger partial charge in [0.1, 0.15) is 6.61 Å². The SMILES string of the molecule is CCCO/N=C(\C)C1CCN(C2CCCN(C(=O)OCC)CC2)CC1. The highest BCUT2D eigenvalue weighted by molar-refractivity contribution is 5.83. The molecule has 0 aromatic carbocycles. The van der Waals surface area contributed by atoms with Crippen molar-refractivity contribution in [2.24, 2.45) is 11.1 Å². The standard InChI is InChI=1S/C19H35N3O3/c1-4-15-25-20-16(3)17-8-12-21(13-9-17)18-7-6-11-22(14-10-18)19(23)24-5-2/h17-18H,4-15H2,1-3H3/b20-16+. The molecule has 6 nitrogen and oxygen atoms in total.